The molecular formula is C9H24NO4P. The van der Waals surface area contributed by atoms with E-state index in [2.05, 4.69) is 0 Å². The lowest BCUT2D eigenvalue weighted by atomic mass is 10.5. The SMILES string of the molecule is CCCOP(=O)(OCCC)OCCC.N. The monoisotopic (exact) mass is 241 g/mol. The number of hydrogen-bond donors (Lipinski definition) is 1. The summed E-state index contributed by atoms with van der Waals surface area (Å²) in [6, 6.07) is 0. The molecule has 0 aromatic rings. The van der Waals surface area contributed by atoms with Crippen molar-refractivity contribution < 1.29 is 18.1 Å². The first-order chi connectivity index (χ1) is 6.68. The lowest BCUT2D eigenvalue weighted by Gasteiger charge is -2.16. The molecule has 0 saturated heterocycles. The minimum atomic E-state index is -3.27. The van der Waals surface area contributed by atoms with E-state index in [4.69, 9.17) is 13.6 Å². The van der Waals surface area contributed by atoms with Crippen LogP contribution in [0, 0.1) is 0 Å². The average Bonchev–Trinajstić information content (AvgIpc) is 2.21. The Morgan fingerprint density at radius 3 is 1.27 bits per heavy atom. The molecule has 0 spiro atoms. The van der Waals surface area contributed by atoms with Gasteiger partial charge in [-0.25, -0.2) is 4.57 Å². The van der Waals surface area contributed by atoms with Gasteiger partial charge in [0.05, 0.1) is 19.8 Å². The van der Waals surface area contributed by atoms with E-state index in [-0.39, 0.29) is 6.15 Å². The first-order valence-corrected chi connectivity index (χ1v) is 6.68. The maximum atomic E-state index is 11.8. The highest BCUT2D eigenvalue weighted by molar-refractivity contribution is 7.48. The van der Waals surface area contributed by atoms with Crippen molar-refractivity contribution in [1.82, 2.24) is 6.15 Å². The number of phosphoric acid groups is 1. The van der Waals surface area contributed by atoms with Gasteiger partial charge in [-0.1, -0.05) is 20.8 Å². The van der Waals surface area contributed by atoms with E-state index in [1.165, 1.54) is 0 Å². The fourth-order valence-electron chi connectivity index (χ4n) is 0.721. The standard InChI is InChI=1S/C9H21O4P.H3N/c1-4-7-11-14(10,12-8-5-2)13-9-6-3;/h4-9H2,1-3H3;1H3. The van der Waals surface area contributed by atoms with Gasteiger partial charge in [0.1, 0.15) is 0 Å². The van der Waals surface area contributed by atoms with E-state index in [0.717, 1.165) is 19.3 Å². The fourth-order valence-corrected chi connectivity index (χ4v) is 2.16. The summed E-state index contributed by atoms with van der Waals surface area (Å²) in [7, 11) is -3.27. The van der Waals surface area contributed by atoms with Gasteiger partial charge in [0, 0.05) is 0 Å². The maximum absolute atomic E-state index is 11.8. The van der Waals surface area contributed by atoms with Crippen molar-refractivity contribution in [3.8, 4) is 0 Å². The van der Waals surface area contributed by atoms with E-state index in [9.17, 15) is 4.57 Å². The highest BCUT2D eigenvalue weighted by atomic mass is 31.2. The molecule has 15 heavy (non-hydrogen) atoms. The van der Waals surface area contributed by atoms with Gasteiger partial charge in [0.15, 0.2) is 0 Å². The molecule has 0 rings (SSSR count). The molecule has 0 aliphatic heterocycles. The van der Waals surface area contributed by atoms with Crippen LogP contribution in [0.15, 0.2) is 0 Å². The lowest BCUT2D eigenvalue weighted by Crippen LogP contribution is -2.02. The molecule has 0 radical (unpaired) electrons. The van der Waals surface area contributed by atoms with Crippen LogP contribution in [-0.4, -0.2) is 19.8 Å². The third-order valence-corrected chi connectivity index (χ3v) is 2.86. The van der Waals surface area contributed by atoms with Gasteiger partial charge in [-0.2, -0.15) is 0 Å². The summed E-state index contributed by atoms with van der Waals surface area (Å²) >= 11 is 0. The highest BCUT2D eigenvalue weighted by Gasteiger charge is 2.25. The van der Waals surface area contributed by atoms with Crippen LogP contribution in [0.5, 0.6) is 0 Å². The average molecular weight is 241 g/mol. The van der Waals surface area contributed by atoms with Crippen LogP contribution < -0.4 is 6.15 Å². The molecule has 0 atom stereocenters. The minimum absolute atomic E-state index is 0. The van der Waals surface area contributed by atoms with E-state index in [1.807, 2.05) is 20.8 Å². The summed E-state index contributed by atoms with van der Waals surface area (Å²) in [5.41, 5.74) is 0. The number of rotatable bonds is 9. The summed E-state index contributed by atoms with van der Waals surface area (Å²) in [6.07, 6.45) is 2.40. The van der Waals surface area contributed by atoms with Gasteiger partial charge < -0.3 is 6.15 Å². The Bertz CT molecular complexity index is 149. The van der Waals surface area contributed by atoms with Crippen molar-refractivity contribution in [2.24, 2.45) is 0 Å². The Labute approximate surface area is 92.7 Å². The second kappa shape index (κ2) is 10.6. The molecule has 3 N–H and O–H groups in total. The third-order valence-electron chi connectivity index (χ3n) is 1.36. The molecule has 0 amide bonds. The Kier molecular flexibility index (Phi) is 12.3. The van der Waals surface area contributed by atoms with Crippen molar-refractivity contribution in [2.45, 2.75) is 40.0 Å². The molecule has 0 bridgehead atoms. The smallest absolute Gasteiger partial charge is 0.344 e. The molecule has 0 heterocycles. The van der Waals surface area contributed by atoms with Gasteiger partial charge in [-0.05, 0) is 19.3 Å². The number of phosphoric ester groups is 1. The first-order valence-electron chi connectivity index (χ1n) is 5.22. The van der Waals surface area contributed by atoms with Crippen LogP contribution in [0.25, 0.3) is 0 Å². The zero-order valence-corrected chi connectivity index (χ0v) is 10.9. The Morgan fingerprint density at radius 1 is 0.800 bits per heavy atom. The van der Waals surface area contributed by atoms with Crippen LogP contribution in [0.1, 0.15) is 40.0 Å². The Balaban J connectivity index is 0. The minimum Gasteiger partial charge on any atom is -0.344 e. The van der Waals surface area contributed by atoms with Crippen LogP contribution in [0.3, 0.4) is 0 Å². The van der Waals surface area contributed by atoms with Gasteiger partial charge >= 0.3 is 7.82 Å². The van der Waals surface area contributed by atoms with Crippen LogP contribution in [0.2, 0.25) is 0 Å². The second-order valence-electron chi connectivity index (χ2n) is 2.95. The Morgan fingerprint density at radius 2 is 1.07 bits per heavy atom. The molecular weight excluding hydrogens is 217 g/mol. The van der Waals surface area contributed by atoms with Gasteiger partial charge in [-0.3, -0.25) is 13.6 Å². The van der Waals surface area contributed by atoms with Crippen molar-refractivity contribution in [1.29, 1.82) is 0 Å². The molecule has 0 fully saturated rings. The molecule has 6 heteroatoms. The molecule has 0 unspecified atom stereocenters. The lowest BCUT2D eigenvalue weighted by molar-refractivity contribution is 0.113. The molecule has 0 aliphatic carbocycles. The Hall–Kier alpha value is 0.0700. The molecule has 5 nitrogen and oxygen atoms in total. The van der Waals surface area contributed by atoms with Gasteiger partial charge in [0.2, 0.25) is 0 Å². The molecule has 0 aliphatic rings. The zero-order chi connectivity index (χ0) is 10.9. The summed E-state index contributed by atoms with van der Waals surface area (Å²) in [5, 5.41) is 0. The van der Waals surface area contributed by atoms with Crippen molar-refractivity contribution in [2.75, 3.05) is 19.8 Å². The molecule has 94 valence electrons. The van der Waals surface area contributed by atoms with E-state index in [0.29, 0.717) is 19.8 Å². The predicted molar refractivity (Wildman–Crippen MR) is 61.4 cm³/mol. The summed E-state index contributed by atoms with van der Waals surface area (Å²) < 4.78 is 27.1. The van der Waals surface area contributed by atoms with Gasteiger partial charge in [0.25, 0.3) is 0 Å². The topological polar surface area (TPSA) is 79.8 Å². The summed E-state index contributed by atoms with van der Waals surface area (Å²) in [4.78, 5) is 0. The van der Waals surface area contributed by atoms with Crippen molar-refractivity contribution in [3.63, 3.8) is 0 Å². The summed E-state index contributed by atoms with van der Waals surface area (Å²) in [6.45, 7) is 7.07. The zero-order valence-electron chi connectivity index (χ0n) is 10.0. The third kappa shape index (κ3) is 9.03. The normalized spacial score (nSPS) is 11.1. The van der Waals surface area contributed by atoms with Crippen LogP contribution >= 0.6 is 7.82 Å². The molecule has 0 aromatic carbocycles. The second-order valence-corrected chi connectivity index (χ2v) is 4.62. The van der Waals surface area contributed by atoms with Crippen molar-refractivity contribution in [3.05, 3.63) is 0 Å². The predicted octanol–water partition coefficient (Wildman–Crippen LogP) is 3.54. The summed E-state index contributed by atoms with van der Waals surface area (Å²) in [5.74, 6) is 0. The van der Waals surface area contributed by atoms with E-state index >= 15 is 0 Å². The van der Waals surface area contributed by atoms with E-state index < -0.39 is 7.82 Å². The molecule has 0 aromatic heterocycles. The van der Waals surface area contributed by atoms with Crippen LogP contribution in [-0.2, 0) is 18.1 Å². The first kappa shape index (κ1) is 17.5. The number of hydrogen-bond acceptors (Lipinski definition) is 5. The maximum Gasteiger partial charge on any atom is 0.474 e. The van der Waals surface area contributed by atoms with Crippen LogP contribution in [0.4, 0.5) is 0 Å². The largest absolute Gasteiger partial charge is 0.474 e. The fraction of sp³-hybridized carbons (Fsp3) is 1.00. The van der Waals surface area contributed by atoms with Crippen molar-refractivity contribution >= 4 is 7.82 Å². The van der Waals surface area contributed by atoms with Gasteiger partial charge in [-0.15, -0.1) is 0 Å². The highest BCUT2D eigenvalue weighted by Crippen LogP contribution is 2.49. The molecule has 0 saturated carbocycles. The van der Waals surface area contributed by atoms with E-state index in [1.54, 1.807) is 0 Å². The quantitative estimate of drug-likeness (QED) is 0.624.